The summed E-state index contributed by atoms with van der Waals surface area (Å²) in [6.45, 7) is 5.20. The maximum atomic E-state index is 13.1. The van der Waals surface area contributed by atoms with Crippen LogP contribution in [0.4, 0.5) is 22.0 Å². The van der Waals surface area contributed by atoms with Gasteiger partial charge in [0.15, 0.2) is 0 Å². The minimum atomic E-state index is -4.18. The highest BCUT2D eigenvalue weighted by atomic mass is 19.3. The van der Waals surface area contributed by atoms with Gasteiger partial charge in [0.05, 0.1) is 0 Å². The molecule has 0 N–H and O–H groups in total. The Hall–Kier alpha value is -0.870. The van der Waals surface area contributed by atoms with E-state index in [4.69, 9.17) is 0 Å². The van der Waals surface area contributed by atoms with Crippen molar-refractivity contribution in [2.45, 2.75) is 26.2 Å². The van der Waals surface area contributed by atoms with Crippen molar-refractivity contribution in [2.75, 3.05) is 0 Å². The van der Waals surface area contributed by atoms with Crippen LogP contribution in [-0.2, 0) is 0 Å². The molecule has 0 saturated heterocycles. The van der Waals surface area contributed by atoms with E-state index < -0.39 is 23.2 Å². The monoisotopic (exact) mass is 214 g/mol. The van der Waals surface area contributed by atoms with Crippen molar-refractivity contribution in [1.29, 1.82) is 0 Å². The van der Waals surface area contributed by atoms with Crippen LogP contribution in [0.15, 0.2) is 24.6 Å². The van der Waals surface area contributed by atoms with Crippen molar-refractivity contribution < 1.29 is 22.0 Å². The second-order valence-electron chi connectivity index (χ2n) is 3.53. The van der Waals surface area contributed by atoms with Crippen molar-refractivity contribution in [1.82, 2.24) is 0 Å². The van der Waals surface area contributed by atoms with E-state index in [9.17, 15) is 22.0 Å². The number of allylic oxidation sites excluding steroid dienone is 2. The lowest BCUT2D eigenvalue weighted by molar-refractivity contribution is -0.0903. The topological polar surface area (TPSA) is 0 Å². The van der Waals surface area contributed by atoms with Gasteiger partial charge < -0.3 is 0 Å². The summed E-state index contributed by atoms with van der Waals surface area (Å²) in [5.74, 6) is -6.84. The lowest BCUT2D eigenvalue weighted by Gasteiger charge is -2.31. The van der Waals surface area contributed by atoms with Gasteiger partial charge in [0.1, 0.15) is 0 Å². The van der Waals surface area contributed by atoms with E-state index in [1.165, 1.54) is 0 Å². The predicted molar refractivity (Wildman–Crippen MR) is 43.9 cm³/mol. The first-order valence-corrected chi connectivity index (χ1v) is 3.86. The summed E-state index contributed by atoms with van der Waals surface area (Å²) in [5.41, 5.74) is -1.91. The fourth-order valence-corrected chi connectivity index (χ4v) is 0.905. The van der Waals surface area contributed by atoms with E-state index in [2.05, 4.69) is 6.58 Å². The van der Waals surface area contributed by atoms with E-state index in [0.29, 0.717) is 0 Å². The van der Waals surface area contributed by atoms with Crippen LogP contribution in [0.5, 0.6) is 0 Å². The van der Waals surface area contributed by atoms with E-state index in [-0.39, 0.29) is 6.42 Å². The van der Waals surface area contributed by atoms with Gasteiger partial charge in [-0.3, -0.25) is 0 Å². The van der Waals surface area contributed by atoms with Crippen LogP contribution in [0.2, 0.25) is 0 Å². The maximum Gasteiger partial charge on any atom is 0.309 e. The molecule has 0 aliphatic heterocycles. The molecule has 0 fully saturated rings. The van der Waals surface area contributed by atoms with E-state index >= 15 is 0 Å². The van der Waals surface area contributed by atoms with Crippen molar-refractivity contribution in [2.24, 2.45) is 5.41 Å². The molecular weight excluding hydrogens is 203 g/mol. The number of halogens is 5. The number of hydrogen-bond donors (Lipinski definition) is 0. The van der Waals surface area contributed by atoms with E-state index in [1.54, 1.807) is 0 Å². The first-order chi connectivity index (χ1) is 6.16. The molecule has 0 aromatic heterocycles. The molecule has 0 atom stereocenters. The van der Waals surface area contributed by atoms with Gasteiger partial charge in [-0.25, -0.2) is 0 Å². The van der Waals surface area contributed by atoms with Crippen LogP contribution >= 0.6 is 0 Å². The molecule has 14 heavy (non-hydrogen) atoms. The van der Waals surface area contributed by atoms with Crippen molar-refractivity contribution in [3.05, 3.63) is 24.6 Å². The minimum absolute atomic E-state index is 0.263. The number of hydrogen-bond acceptors (Lipinski definition) is 0. The van der Waals surface area contributed by atoms with E-state index in [1.807, 2.05) is 0 Å². The van der Waals surface area contributed by atoms with Crippen LogP contribution in [0.25, 0.3) is 0 Å². The molecule has 0 aliphatic rings. The first-order valence-electron chi connectivity index (χ1n) is 3.86. The fraction of sp³-hybridized carbons (Fsp3) is 0.556. The predicted octanol–water partition coefficient (Wildman–Crippen LogP) is 4.30. The average Bonchev–Trinajstić information content (AvgIpc) is 2.02. The summed E-state index contributed by atoms with van der Waals surface area (Å²) >= 11 is 0. The quantitative estimate of drug-likeness (QED) is 0.483. The van der Waals surface area contributed by atoms with Gasteiger partial charge >= 0.3 is 12.0 Å². The maximum absolute atomic E-state index is 13.1. The van der Waals surface area contributed by atoms with Gasteiger partial charge in [0, 0.05) is 5.41 Å². The van der Waals surface area contributed by atoms with Gasteiger partial charge in [-0.1, -0.05) is 19.9 Å². The van der Waals surface area contributed by atoms with Crippen molar-refractivity contribution in [3.63, 3.8) is 0 Å². The molecule has 0 amide bonds. The smallest absolute Gasteiger partial charge is 0.199 e. The standard InChI is InChI=1S/C9H11F5/c1-4-5-8(2,3)9(13,14)6(10)7(11)12/h4H,1,5H2,2-3H3. The molecule has 0 nitrogen and oxygen atoms in total. The second kappa shape index (κ2) is 4.11. The molecule has 0 radical (unpaired) electrons. The Bertz CT molecular complexity index is 248. The third kappa shape index (κ3) is 2.33. The molecule has 0 aromatic rings. The van der Waals surface area contributed by atoms with Crippen LogP contribution in [-0.4, -0.2) is 5.92 Å². The van der Waals surface area contributed by atoms with Crippen LogP contribution in [0.3, 0.4) is 0 Å². The zero-order valence-corrected chi connectivity index (χ0v) is 7.88. The minimum Gasteiger partial charge on any atom is -0.199 e. The Kier molecular flexibility index (Phi) is 3.85. The average molecular weight is 214 g/mol. The van der Waals surface area contributed by atoms with Crippen LogP contribution in [0, 0.1) is 5.41 Å². The Morgan fingerprint density at radius 2 is 1.64 bits per heavy atom. The molecular formula is C9H11F5. The van der Waals surface area contributed by atoms with Gasteiger partial charge in [-0.2, -0.15) is 22.0 Å². The van der Waals surface area contributed by atoms with Gasteiger partial charge in [0.2, 0.25) is 5.83 Å². The largest absolute Gasteiger partial charge is 0.309 e. The summed E-state index contributed by atoms with van der Waals surface area (Å²) in [6.07, 6.45) is -2.11. The third-order valence-corrected chi connectivity index (χ3v) is 1.95. The summed E-state index contributed by atoms with van der Waals surface area (Å²) in [6, 6.07) is 0. The molecule has 0 heterocycles. The Morgan fingerprint density at radius 1 is 1.21 bits per heavy atom. The SMILES string of the molecule is C=CCC(C)(C)C(F)(F)C(F)=C(F)F. The van der Waals surface area contributed by atoms with E-state index in [0.717, 1.165) is 19.9 Å². The fourth-order valence-electron chi connectivity index (χ4n) is 0.905. The second-order valence-corrected chi connectivity index (χ2v) is 3.53. The lowest BCUT2D eigenvalue weighted by atomic mass is 9.81. The summed E-state index contributed by atoms with van der Waals surface area (Å²) in [4.78, 5) is 0. The molecule has 0 unspecified atom stereocenters. The highest BCUT2D eigenvalue weighted by Crippen LogP contribution is 2.46. The Labute approximate surface area is 79.1 Å². The van der Waals surface area contributed by atoms with Crippen LogP contribution in [0.1, 0.15) is 20.3 Å². The first kappa shape index (κ1) is 13.1. The summed E-state index contributed by atoms with van der Waals surface area (Å²) in [5, 5.41) is 0. The van der Waals surface area contributed by atoms with Crippen molar-refractivity contribution >= 4 is 0 Å². The van der Waals surface area contributed by atoms with Crippen LogP contribution < -0.4 is 0 Å². The van der Waals surface area contributed by atoms with Crippen molar-refractivity contribution in [3.8, 4) is 0 Å². The summed E-state index contributed by atoms with van der Waals surface area (Å²) < 4.78 is 62.0. The third-order valence-electron chi connectivity index (χ3n) is 1.95. The van der Waals surface area contributed by atoms with Gasteiger partial charge in [-0.15, -0.1) is 6.58 Å². The van der Waals surface area contributed by atoms with Gasteiger partial charge in [-0.05, 0) is 6.42 Å². The molecule has 0 rings (SSSR count). The molecule has 0 aromatic carbocycles. The number of rotatable bonds is 4. The molecule has 0 bridgehead atoms. The molecule has 0 spiro atoms. The molecule has 82 valence electrons. The normalized spacial score (nSPS) is 12.5. The number of alkyl halides is 2. The Morgan fingerprint density at radius 3 is 1.93 bits per heavy atom. The zero-order chi connectivity index (χ0) is 11.6. The summed E-state index contributed by atoms with van der Waals surface area (Å²) in [7, 11) is 0. The van der Waals surface area contributed by atoms with Gasteiger partial charge in [0.25, 0.3) is 0 Å². The molecule has 0 saturated carbocycles. The zero-order valence-electron chi connectivity index (χ0n) is 7.88. The highest BCUT2D eigenvalue weighted by molar-refractivity contribution is 5.11. The Balaban J connectivity index is 5.13. The molecule has 5 heteroatoms. The highest BCUT2D eigenvalue weighted by Gasteiger charge is 2.52. The molecule has 0 aliphatic carbocycles. The lowest BCUT2D eigenvalue weighted by Crippen LogP contribution is -2.37.